The highest BCUT2D eigenvalue weighted by molar-refractivity contribution is 5.90. The maximum atomic E-state index is 13.1. The minimum Gasteiger partial charge on any atom is -0.481 e. The van der Waals surface area contributed by atoms with Crippen LogP contribution in [-0.2, 0) is 14.3 Å². The first kappa shape index (κ1) is 24.8. The van der Waals surface area contributed by atoms with Crippen molar-refractivity contribution in [3.63, 3.8) is 0 Å². The molecule has 35 heavy (non-hydrogen) atoms. The number of benzene rings is 2. The topological polar surface area (TPSA) is 105 Å². The van der Waals surface area contributed by atoms with E-state index in [2.05, 4.69) is 34.9 Å². The van der Waals surface area contributed by atoms with Crippen LogP contribution in [-0.4, -0.2) is 41.8 Å². The number of carboxylic acids is 1. The van der Waals surface area contributed by atoms with Gasteiger partial charge in [-0.1, -0.05) is 74.7 Å². The minimum absolute atomic E-state index is 0.0587. The van der Waals surface area contributed by atoms with Gasteiger partial charge in [-0.2, -0.15) is 0 Å². The van der Waals surface area contributed by atoms with E-state index in [-0.39, 0.29) is 19.1 Å². The first-order chi connectivity index (χ1) is 16.8. The first-order valence-corrected chi connectivity index (χ1v) is 12.4. The fraction of sp³-hybridized carbons (Fsp3) is 0.464. The maximum absolute atomic E-state index is 13.1. The predicted octanol–water partition coefficient (Wildman–Crippen LogP) is 4.85. The molecule has 2 aromatic carbocycles. The molecule has 4 rings (SSSR count). The van der Waals surface area contributed by atoms with Gasteiger partial charge in [0.15, 0.2) is 0 Å². The van der Waals surface area contributed by atoms with Gasteiger partial charge in [-0.3, -0.25) is 9.59 Å². The smallest absolute Gasteiger partial charge is 0.408 e. The van der Waals surface area contributed by atoms with Gasteiger partial charge in [0.1, 0.15) is 12.1 Å². The molecule has 1 saturated carbocycles. The molecule has 7 heteroatoms. The Kier molecular flexibility index (Phi) is 7.15. The number of aliphatic carboxylic acids is 1. The van der Waals surface area contributed by atoms with Gasteiger partial charge in [0.25, 0.3) is 0 Å². The second-order valence-corrected chi connectivity index (χ2v) is 9.97. The molecule has 0 heterocycles. The highest BCUT2D eigenvalue weighted by atomic mass is 16.5. The van der Waals surface area contributed by atoms with E-state index in [1.165, 1.54) is 0 Å². The second kappa shape index (κ2) is 10.1. The van der Waals surface area contributed by atoms with Crippen LogP contribution in [0, 0.1) is 5.41 Å². The van der Waals surface area contributed by atoms with E-state index >= 15 is 0 Å². The average molecular weight is 479 g/mol. The van der Waals surface area contributed by atoms with E-state index in [9.17, 15) is 19.5 Å². The molecule has 0 aromatic heterocycles. The Bertz CT molecular complexity index is 1060. The summed E-state index contributed by atoms with van der Waals surface area (Å²) >= 11 is 0. The molecule has 0 saturated heterocycles. The van der Waals surface area contributed by atoms with Crippen LogP contribution in [0.4, 0.5) is 4.79 Å². The van der Waals surface area contributed by atoms with Gasteiger partial charge in [0, 0.05) is 12.5 Å². The standard InChI is InChI=1S/C28H34N2O5/c1-3-27(2,24(31)29-18-28(25(32)33)15-9-4-10-16-28)30-26(34)35-17-23-21-13-7-5-11-19(21)20-12-6-8-14-22(20)23/h5-8,11-14,23H,3-4,9-10,15-18H2,1-2H3,(H,29,31)(H,30,34)(H,32,33). The lowest BCUT2D eigenvalue weighted by Crippen LogP contribution is -2.58. The zero-order valence-electron chi connectivity index (χ0n) is 20.4. The molecule has 1 unspecified atom stereocenters. The first-order valence-electron chi connectivity index (χ1n) is 12.4. The Morgan fingerprint density at radius 2 is 1.57 bits per heavy atom. The fourth-order valence-corrected chi connectivity index (χ4v) is 5.30. The number of nitrogens with one attached hydrogen (secondary N) is 2. The summed E-state index contributed by atoms with van der Waals surface area (Å²) in [5.41, 5.74) is 2.37. The molecule has 0 radical (unpaired) electrons. The van der Waals surface area contributed by atoms with Crippen molar-refractivity contribution in [3.8, 4) is 11.1 Å². The van der Waals surface area contributed by atoms with Crippen molar-refractivity contribution in [2.24, 2.45) is 5.41 Å². The number of hydrogen-bond acceptors (Lipinski definition) is 4. The molecule has 2 aliphatic rings. The third-order valence-electron chi connectivity index (χ3n) is 7.78. The SMILES string of the molecule is CCC(C)(NC(=O)OCC1c2ccccc2-c2ccccc21)C(=O)NCC1(C(=O)O)CCCCC1. The van der Waals surface area contributed by atoms with Crippen LogP contribution < -0.4 is 10.6 Å². The van der Waals surface area contributed by atoms with Gasteiger partial charge in [-0.15, -0.1) is 0 Å². The van der Waals surface area contributed by atoms with E-state index in [0.29, 0.717) is 19.3 Å². The molecule has 0 spiro atoms. The molecule has 1 atom stereocenters. The van der Waals surface area contributed by atoms with E-state index in [1.54, 1.807) is 13.8 Å². The number of carbonyl (C=O) groups is 3. The summed E-state index contributed by atoms with van der Waals surface area (Å²) in [6.07, 6.45) is 3.45. The van der Waals surface area contributed by atoms with Crippen LogP contribution in [0.25, 0.3) is 11.1 Å². The zero-order valence-corrected chi connectivity index (χ0v) is 20.4. The van der Waals surface area contributed by atoms with Crippen molar-refractivity contribution in [1.29, 1.82) is 0 Å². The van der Waals surface area contributed by atoms with E-state index < -0.39 is 28.9 Å². The number of fused-ring (bicyclic) bond motifs is 3. The summed E-state index contributed by atoms with van der Waals surface area (Å²) in [7, 11) is 0. The molecule has 3 N–H and O–H groups in total. The van der Waals surface area contributed by atoms with Gasteiger partial charge < -0.3 is 20.5 Å². The van der Waals surface area contributed by atoms with Crippen LogP contribution in [0.1, 0.15) is 69.4 Å². The normalized spacial score (nSPS) is 18.0. The third kappa shape index (κ3) is 4.90. The number of hydrogen-bond donors (Lipinski definition) is 3. The molecule has 7 nitrogen and oxygen atoms in total. The summed E-state index contributed by atoms with van der Waals surface area (Å²) < 4.78 is 5.62. The number of carboxylic acid groups (broad SMARTS) is 1. The van der Waals surface area contributed by atoms with Gasteiger partial charge in [-0.05, 0) is 48.4 Å². The average Bonchev–Trinajstić information content (AvgIpc) is 3.20. The molecule has 2 amide bonds. The molecule has 2 aromatic rings. The molecule has 1 fully saturated rings. The molecular formula is C28H34N2O5. The van der Waals surface area contributed by atoms with Crippen molar-refractivity contribution in [2.45, 2.75) is 63.8 Å². The summed E-state index contributed by atoms with van der Waals surface area (Å²) in [5.74, 6) is -1.35. The van der Waals surface area contributed by atoms with Crippen LogP contribution in [0.15, 0.2) is 48.5 Å². The molecular weight excluding hydrogens is 444 g/mol. The Morgan fingerprint density at radius 3 is 2.11 bits per heavy atom. The van der Waals surface area contributed by atoms with Crippen molar-refractivity contribution >= 4 is 18.0 Å². The number of amides is 2. The van der Waals surface area contributed by atoms with E-state index in [1.807, 2.05) is 24.3 Å². The Morgan fingerprint density at radius 1 is 1.00 bits per heavy atom. The zero-order chi connectivity index (χ0) is 25.1. The summed E-state index contributed by atoms with van der Waals surface area (Å²) in [5, 5.41) is 15.3. The van der Waals surface area contributed by atoms with Crippen LogP contribution in [0.3, 0.4) is 0 Å². The second-order valence-electron chi connectivity index (χ2n) is 9.97. The molecule has 0 bridgehead atoms. The van der Waals surface area contributed by atoms with Gasteiger partial charge in [0.05, 0.1) is 5.41 Å². The highest BCUT2D eigenvalue weighted by Crippen LogP contribution is 2.44. The van der Waals surface area contributed by atoms with Crippen molar-refractivity contribution in [3.05, 3.63) is 59.7 Å². The quantitative estimate of drug-likeness (QED) is 0.503. The number of alkyl carbamates (subject to hydrolysis) is 1. The van der Waals surface area contributed by atoms with Crippen LogP contribution >= 0.6 is 0 Å². The molecule has 2 aliphatic carbocycles. The number of rotatable bonds is 8. The Labute approximate surface area is 206 Å². The van der Waals surface area contributed by atoms with Gasteiger partial charge >= 0.3 is 12.1 Å². The number of ether oxygens (including phenoxy) is 1. The molecule has 186 valence electrons. The lowest BCUT2D eigenvalue weighted by Gasteiger charge is -2.35. The van der Waals surface area contributed by atoms with Crippen LogP contribution in [0.2, 0.25) is 0 Å². The van der Waals surface area contributed by atoms with Gasteiger partial charge in [0.2, 0.25) is 5.91 Å². The van der Waals surface area contributed by atoms with E-state index in [4.69, 9.17) is 4.74 Å². The lowest BCUT2D eigenvalue weighted by atomic mass is 9.74. The summed E-state index contributed by atoms with van der Waals surface area (Å²) in [6, 6.07) is 16.2. The summed E-state index contributed by atoms with van der Waals surface area (Å²) in [6.45, 7) is 3.65. The number of carbonyl (C=O) groups excluding carboxylic acids is 2. The van der Waals surface area contributed by atoms with E-state index in [0.717, 1.165) is 41.5 Å². The maximum Gasteiger partial charge on any atom is 0.408 e. The van der Waals surface area contributed by atoms with Crippen molar-refractivity contribution in [1.82, 2.24) is 10.6 Å². The lowest BCUT2D eigenvalue weighted by molar-refractivity contribution is -0.151. The summed E-state index contributed by atoms with van der Waals surface area (Å²) in [4.78, 5) is 37.8. The van der Waals surface area contributed by atoms with Crippen molar-refractivity contribution < 1.29 is 24.2 Å². The Balaban J connectivity index is 1.38. The minimum atomic E-state index is -1.21. The largest absolute Gasteiger partial charge is 0.481 e. The predicted molar refractivity (Wildman–Crippen MR) is 133 cm³/mol. The van der Waals surface area contributed by atoms with Crippen LogP contribution in [0.5, 0.6) is 0 Å². The van der Waals surface area contributed by atoms with Gasteiger partial charge in [-0.25, -0.2) is 4.79 Å². The van der Waals surface area contributed by atoms with Crippen molar-refractivity contribution in [2.75, 3.05) is 13.2 Å². The molecule has 0 aliphatic heterocycles. The third-order valence-corrected chi connectivity index (χ3v) is 7.78. The Hall–Kier alpha value is -3.35. The fourth-order valence-electron chi connectivity index (χ4n) is 5.30. The highest BCUT2D eigenvalue weighted by Gasteiger charge is 2.42. The monoisotopic (exact) mass is 478 g/mol.